The second-order valence-corrected chi connectivity index (χ2v) is 7.45. The maximum Gasteiger partial charge on any atom is 0.253 e. The Balaban J connectivity index is 1.79. The zero-order chi connectivity index (χ0) is 18.6. The van der Waals surface area contributed by atoms with E-state index in [-0.39, 0.29) is 17.2 Å². The van der Waals surface area contributed by atoms with Gasteiger partial charge in [-0.05, 0) is 23.8 Å². The molecule has 0 saturated carbocycles. The van der Waals surface area contributed by atoms with Gasteiger partial charge in [0.15, 0.2) is 0 Å². The molecule has 0 fully saturated rings. The number of carbonyl (C=O) groups excluding carboxylic acids is 1. The maximum absolute atomic E-state index is 12.6. The molecule has 3 aromatic rings. The molecule has 134 valence electrons. The Labute approximate surface area is 151 Å². The average Bonchev–Trinajstić information content (AvgIpc) is 3.13. The molecule has 1 aromatic heterocycles. The van der Waals surface area contributed by atoms with Crippen LogP contribution >= 0.6 is 0 Å². The first-order valence-corrected chi connectivity index (χ1v) is 9.74. The van der Waals surface area contributed by atoms with E-state index in [1.807, 2.05) is 35.0 Å². The molecule has 2 aromatic carbocycles. The van der Waals surface area contributed by atoms with Gasteiger partial charge in [0.05, 0.1) is 29.5 Å². The molecule has 3 rings (SSSR count). The van der Waals surface area contributed by atoms with Crippen molar-refractivity contribution in [2.24, 2.45) is 0 Å². The maximum atomic E-state index is 12.6. The van der Waals surface area contributed by atoms with Crippen molar-refractivity contribution in [2.45, 2.75) is 6.54 Å². The summed E-state index contributed by atoms with van der Waals surface area (Å²) in [7, 11) is -3.48. The standard InChI is InChI=1S/C18H18N4O3S/c1-26(24,25)21-16-8-4-3-7-15(16)18(23)20-12-14-6-2-5-9-17(14)22-11-10-19-13-22/h2-11,13,21H,12H2,1H3,(H,20,23). The summed E-state index contributed by atoms with van der Waals surface area (Å²) >= 11 is 0. The van der Waals surface area contributed by atoms with Crippen LogP contribution in [0.25, 0.3) is 5.69 Å². The van der Waals surface area contributed by atoms with Crippen molar-refractivity contribution in [3.8, 4) is 5.69 Å². The molecule has 0 unspecified atom stereocenters. The third-order valence-corrected chi connectivity index (χ3v) is 4.27. The third-order valence-electron chi connectivity index (χ3n) is 3.68. The fraction of sp³-hybridized carbons (Fsp3) is 0.111. The zero-order valence-corrected chi connectivity index (χ0v) is 14.9. The number of nitrogens with zero attached hydrogens (tertiary/aromatic N) is 2. The van der Waals surface area contributed by atoms with Gasteiger partial charge in [0, 0.05) is 18.9 Å². The van der Waals surface area contributed by atoms with Gasteiger partial charge in [0.25, 0.3) is 5.91 Å². The van der Waals surface area contributed by atoms with Crippen LogP contribution in [-0.2, 0) is 16.6 Å². The van der Waals surface area contributed by atoms with Crippen molar-refractivity contribution in [1.29, 1.82) is 0 Å². The molecule has 1 heterocycles. The number of carbonyl (C=O) groups is 1. The number of rotatable bonds is 6. The summed E-state index contributed by atoms with van der Waals surface area (Å²) < 4.78 is 27.2. The lowest BCUT2D eigenvalue weighted by molar-refractivity contribution is 0.0952. The number of anilines is 1. The number of imidazole rings is 1. The summed E-state index contributed by atoms with van der Waals surface area (Å²) in [6, 6.07) is 14.1. The molecule has 0 atom stereocenters. The quantitative estimate of drug-likeness (QED) is 0.695. The van der Waals surface area contributed by atoms with Gasteiger partial charge in [-0.3, -0.25) is 9.52 Å². The van der Waals surface area contributed by atoms with Crippen molar-refractivity contribution in [1.82, 2.24) is 14.9 Å². The van der Waals surface area contributed by atoms with Crippen LogP contribution in [0.4, 0.5) is 5.69 Å². The molecule has 26 heavy (non-hydrogen) atoms. The lowest BCUT2D eigenvalue weighted by Gasteiger charge is -2.13. The monoisotopic (exact) mass is 370 g/mol. The smallest absolute Gasteiger partial charge is 0.253 e. The molecular formula is C18H18N4O3S. The van der Waals surface area contributed by atoms with Crippen LogP contribution < -0.4 is 10.0 Å². The summed E-state index contributed by atoms with van der Waals surface area (Å²) in [5.41, 5.74) is 2.33. The van der Waals surface area contributed by atoms with Gasteiger partial charge in [0.1, 0.15) is 0 Å². The molecule has 0 aliphatic rings. The van der Waals surface area contributed by atoms with Crippen LogP contribution in [0, 0.1) is 0 Å². The first-order chi connectivity index (χ1) is 12.4. The Morgan fingerprint density at radius 3 is 2.58 bits per heavy atom. The molecular weight excluding hydrogens is 352 g/mol. The van der Waals surface area contributed by atoms with E-state index in [2.05, 4.69) is 15.0 Å². The van der Waals surface area contributed by atoms with E-state index in [9.17, 15) is 13.2 Å². The van der Waals surface area contributed by atoms with Crippen LogP contribution in [0.5, 0.6) is 0 Å². The van der Waals surface area contributed by atoms with Gasteiger partial charge < -0.3 is 9.88 Å². The molecule has 8 heteroatoms. The van der Waals surface area contributed by atoms with Crippen molar-refractivity contribution < 1.29 is 13.2 Å². The fourth-order valence-corrected chi connectivity index (χ4v) is 3.13. The van der Waals surface area contributed by atoms with E-state index >= 15 is 0 Å². The molecule has 0 spiro atoms. The van der Waals surface area contributed by atoms with E-state index in [0.717, 1.165) is 17.5 Å². The van der Waals surface area contributed by atoms with E-state index in [1.54, 1.807) is 36.8 Å². The Kier molecular flexibility index (Phi) is 5.04. The lowest BCUT2D eigenvalue weighted by atomic mass is 10.1. The highest BCUT2D eigenvalue weighted by Crippen LogP contribution is 2.17. The van der Waals surface area contributed by atoms with Gasteiger partial charge in [-0.25, -0.2) is 13.4 Å². The normalized spacial score (nSPS) is 11.1. The summed E-state index contributed by atoms with van der Waals surface area (Å²) in [4.78, 5) is 16.6. The average molecular weight is 370 g/mol. The number of aromatic nitrogens is 2. The van der Waals surface area contributed by atoms with E-state index < -0.39 is 10.0 Å². The molecule has 0 aliphatic carbocycles. The molecule has 0 bridgehead atoms. The Bertz CT molecular complexity index is 1010. The van der Waals surface area contributed by atoms with Crippen molar-refractivity contribution in [3.63, 3.8) is 0 Å². The number of hydrogen-bond acceptors (Lipinski definition) is 4. The first kappa shape index (κ1) is 17.7. The lowest BCUT2D eigenvalue weighted by Crippen LogP contribution is -2.25. The van der Waals surface area contributed by atoms with Gasteiger partial charge in [0.2, 0.25) is 10.0 Å². The molecule has 0 aliphatic heterocycles. The highest BCUT2D eigenvalue weighted by Gasteiger charge is 2.14. The van der Waals surface area contributed by atoms with Crippen LogP contribution in [-0.4, -0.2) is 30.1 Å². The Morgan fingerprint density at radius 1 is 1.12 bits per heavy atom. The fourth-order valence-electron chi connectivity index (χ4n) is 2.55. The molecule has 2 N–H and O–H groups in total. The second kappa shape index (κ2) is 7.40. The highest BCUT2D eigenvalue weighted by atomic mass is 32.2. The Hall–Kier alpha value is -3.13. The van der Waals surface area contributed by atoms with Gasteiger partial charge in [-0.15, -0.1) is 0 Å². The number of hydrogen-bond donors (Lipinski definition) is 2. The number of para-hydroxylation sites is 2. The third kappa shape index (κ3) is 4.28. The van der Waals surface area contributed by atoms with Gasteiger partial charge in [-0.2, -0.15) is 0 Å². The zero-order valence-electron chi connectivity index (χ0n) is 14.1. The molecule has 1 amide bonds. The number of nitrogens with one attached hydrogen (secondary N) is 2. The van der Waals surface area contributed by atoms with Crippen LogP contribution in [0.15, 0.2) is 67.3 Å². The number of benzene rings is 2. The van der Waals surface area contributed by atoms with Crippen LogP contribution in [0.3, 0.4) is 0 Å². The van der Waals surface area contributed by atoms with Gasteiger partial charge in [-0.1, -0.05) is 30.3 Å². The Morgan fingerprint density at radius 2 is 1.85 bits per heavy atom. The molecule has 0 saturated heterocycles. The summed E-state index contributed by atoms with van der Waals surface area (Å²) in [5, 5.41) is 2.84. The predicted molar refractivity (Wildman–Crippen MR) is 99.6 cm³/mol. The second-order valence-electron chi connectivity index (χ2n) is 5.70. The molecule has 0 radical (unpaired) electrons. The van der Waals surface area contributed by atoms with Crippen LogP contribution in [0.2, 0.25) is 0 Å². The van der Waals surface area contributed by atoms with E-state index in [1.165, 1.54) is 0 Å². The van der Waals surface area contributed by atoms with E-state index in [4.69, 9.17) is 0 Å². The summed E-state index contributed by atoms with van der Waals surface area (Å²) in [6.45, 7) is 0.292. The van der Waals surface area contributed by atoms with Gasteiger partial charge >= 0.3 is 0 Å². The number of amides is 1. The van der Waals surface area contributed by atoms with Crippen molar-refractivity contribution >= 4 is 21.6 Å². The van der Waals surface area contributed by atoms with Crippen molar-refractivity contribution in [2.75, 3.05) is 11.0 Å². The topological polar surface area (TPSA) is 93.1 Å². The van der Waals surface area contributed by atoms with Crippen molar-refractivity contribution in [3.05, 3.63) is 78.4 Å². The van der Waals surface area contributed by atoms with E-state index in [0.29, 0.717) is 6.54 Å². The minimum atomic E-state index is -3.48. The molecule has 7 nitrogen and oxygen atoms in total. The minimum absolute atomic E-state index is 0.246. The highest BCUT2D eigenvalue weighted by molar-refractivity contribution is 7.92. The largest absolute Gasteiger partial charge is 0.348 e. The first-order valence-electron chi connectivity index (χ1n) is 7.85. The predicted octanol–water partition coefficient (Wildman–Crippen LogP) is 2.17. The minimum Gasteiger partial charge on any atom is -0.348 e. The number of sulfonamides is 1. The van der Waals surface area contributed by atoms with Crippen LogP contribution in [0.1, 0.15) is 15.9 Å². The summed E-state index contributed by atoms with van der Waals surface area (Å²) in [6.07, 6.45) is 6.24. The summed E-state index contributed by atoms with van der Waals surface area (Å²) in [5.74, 6) is -0.364. The SMILES string of the molecule is CS(=O)(=O)Nc1ccccc1C(=O)NCc1ccccc1-n1ccnc1.